The Kier molecular flexibility index (Phi) is 4.44. The van der Waals surface area contributed by atoms with E-state index in [0.29, 0.717) is 11.4 Å². The van der Waals surface area contributed by atoms with Gasteiger partial charge in [-0.05, 0) is 31.2 Å². The highest BCUT2D eigenvalue weighted by Crippen LogP contribution is 2.13. The number of methoxy groups -OCH3 is 1. The number of ether oxygens (including phenoxy) is 1. The van der Waals surface area contributed by atoms with Gasteiger partial charge in [0.05, 0.1) is 12.8 Å². The zero-order valence-corrected chi connectivity index (χ0v) is 11.3. The molecular formula is C15H15N3O2. The highest BCUT2D eigenvalue weighted by Gasteiger charge is 2.05. The fourth-order valence-corrected chi connectivity index (χ4v) is 1.60. The molecule has 0 aliphatic carbocycles. The van der Waals surface area contributed by atoms with E-state index in [2.05, 4.69) is 15.5 Å². The smallest absolute Gasteiger partial charge is 0.289 e. The van der Waals surface area contributed by atoms with Crippen molar-refractivity contribution in [3.63, 3.8) is 0 Å². The summed E-state index contributed by atoms with van der Waals surface area (Å²) in [7, 11) is 1.61. The molecular weight excluding hydrogens is 254 g/mol. The predicted molar refractivity (Wildman–Crippen MR) is 76.9 cm³/mol. The number of nitrogens with zero attached hydrogens (tertiary/aromatic N) is 2. The van der Waals surface area contributed by atoms with E-state index in [0.717, 1.165) is 11.3 Å². The Morgan fingerprint density at radius 3 is 2.80 bits per heavy atom. The van der Waals surface area contributed by atoms with Crippen molar-refractivity contribution in [3.8, 4) is 5.75 Å². The first-order valence-electron chi connectivity index (χ1n) is 6.11. The molecule has 0 unspecified atom stereocenters. The van der Waals surface area contributed by atoms with Gasteiger partial charge in [0.1, 0.15) is 11.4 Å². The summed E-state index contributed by atoms with van der Waals surface area (Å²) in [5.41, 5.74) is 4.38. The quantitative estimate of drug-likeness (QED) is 0.684. The molecule has 0 aliphatic rings. The summed E-state index contributed by atoms with van der Waals surface area (Å²) in [5, 5.41) is 4.07. The number of nitrogens with one attached hydrogen (secondary N) is 1. The highest BCUT2D eigenvalue weighted by atomic mass is 16.5. The second-order valence-corrected chi connectivity index (χ2v) is 4.09. The SMILES string of the molecule is COc1cccc(/C(C)=N\NC(=O)c2ccccn2)c1. The summed E-state index contributed by atoms with van der Waals surface area (Å²) < 4.78 is 5.15. The molecule has 0 saturated carbocycles. The largest absolute Gasteiger partial charge is 0.497 e. The van der Waals surface area contributed by atoms with E-state index < -0.39 is 0 Å². The Hall–Kier alpha value is -2.69. The van der Waals surface area contributed by atoms with Crippen LogP contribution >= 0.6 is 0 Å². The van der Waals surface area contributed by atoms with Crippen LogP contribution in [0.15, 0.2) is 53.8 Å². The fourth-order valence-electron chi connectivity index (χ4n) is 1.60. The maximum atomic E-state index is 11.8. The number of carbonyl (C=O) groups excluding carboxylic acids is 1. The summed E-state index contributed by atoms with van der Waals surface area (Å²) in [4.78, 5) is 15.8. The van der Waals surface area contributed by atoms with Crippen molar-refractivity contribution in [1.29, 1.82) is 0 Å². The third kappa shape index (κ3) is 3.41. The van der Waals surface area contributed by atoms with Gasteiger partial charge in [0.2, 0.25) is 0 Å². The summed E-state index contributed by atoms with van der Waals surface area (Å²) >= 11 is 0. The molecule has 1 N–H and O–H groups in total. The number of benzene rings is 1. The minimum atomic E-state index is -0.340. The van der Waals surface area contributed by atoms with Gasteiger partial charge in [0, 0.05) is 11.8 Å². The Morgan fingerprint density at radius 2 is 2.10 bits per heavy atom. The maximum Gasteiger partial charge on any atom is 0.289 e. The lowest BCUT2D eigenvalue weighted by molar-refractivity contribution is 0.0950. The number of hydrogen-bond donors (Lipinski definition) is 1. The van der Waals surface area contributed by atoms with Crippen molar-refractivity contribution in [2.75, 3.05) is 7.11 Å². The molecule has 20 heavy (non-hydrogen) atoms. The third-order valence-electron chi connectivity index (χ3n) is 2.71. The number of hydrogen-bond acceptors (Lipinski definition) is 4. The summed E-state index contributed by atoms with van der Waals surface area (Å²) in [6.45, 7) is 1.81. The molecule has 5 heteroatoms. The van der Waals surface area contributed by atoms with E-state index >= 15 is 0 Å². The monoisotopic (exact) mass is 269 g/mol. The molecule has 0 radical (unpaired) electrons. The molecule has 0 atom stereocenters. The van der Waals surface area contributed by atoms with Crippen molar-refractivity contribution < 1.29 is 9.53 Å². The molecule has 5 nitrogen and oxygen atoms in total. The second-order valence-electron chi connectivity index (χ2n) is 4.09. The minimum Gasteiger partial charge on any atom is -0.497 e. The summed E-state index contributed by atoms with van der Waals surface area (Å²) in [5.74, 6) is 0.404. The summed E-state index contributed by atoms with van der Waals surface area (Å²) in [6, 6.07) is 12.6. The molecule has 0 spiro atoms. The van der Waals surface area contributed by atoms with E-state index in [4.69, 9.17) is 4.74 Å². The highest BCUT2D eigenvalue weighted by molar-refractivity contribution is 6.00. The van der Waals surface area contributed by atoms with E-state index in [1.165, 1.54) is 0 Å². The first-order valence-corrected chi connectivity index (χ1v) is 6.11. The number of carbonyl (C=O) groups is 1. The summed E-state index contributed by atoms with van der Waals surface area (Å²) in [6.07, 6.45) is 1.56. The molecule has 1 heterocycles. The molecule has 0 fully saturated rings. The molecule has 2 rings (SSSR count). The van der Waals surface area contributed by atoms with Crippen LogP contribution in [0.1, 0.15) is 23.0 Å². The number of hydrazone groups is 1. The van der Waals surface area contributed by atoms with Gasteiger partial charge in [-0.3, -0.25) is 9.78 Å². The number of pyridine rings is 1. The van der Waals surface area contributed by atoms with Crippen LogP contribution in [0.4, 0.5) is 0 Å². The van der Waals surface area contributed by atoms with Crippen LogP contribution in [0.5, 0.6) is 5.75 Å². The lowest BCUT2D eigenvalue weighted by Gasteiger charge is -2.04. The zero-order chi connectivity index (χ0) is 14.4. The maximum absolute atomic E-state index is 11.8. The lowest BCUT2D eigenvalue weighted by Crippen LogP contribution is -2.20. The van der Waals surface area contributed by atoms with Gasteiger partial charge < -0.3 is 4.74 Å². The zero-order valence-electron chi connectivity index (χ0n) is 11.3. The van der Waals surface area contributed by atoms with Gasteiger partial charge in [-0.25, -0.2) is 5.43 Å². The normalized spacial score (nSPS) is 11.0. The molecule has 0 saturated heterocycles. The Morgan fingerprint density at radius 1 is 1.25 bits per heavy atom. The van der Waals surface area contributed by atoms with Crippen molar-refractivity contribution >= 4 is 11.6 Å². The minimum absolute atomic E-state index is 0.328. The molecule has 2 aromatic rings. The molecule has 1 amide bonds. The van der Waals surface area contributed by atoms with Gasteiger partial charge in [-0.2, -0.15) is 5.10 Å². The first-order chi connectivity index (χ1) is 9.70. The molecule has 0 aliphatic heterocycles. The van der Waals surface area contributed by atoms with Gasteiger partial charge in [-0.15, -0.1) is 0 Å². The average molecular weight is 269 g/mol. The van der Waals surface area contributed by atoms with Crippen molar-refractivity contribution in [2.24, 2.45) is 5.10 Å². The Balaban J connectivity index is 2.09. The van der Waals surface area contributed by atoms with Crippen molar-refractivity contribution in [1.82, 2.24) is 10.4 Å². The van der Waals surface area contributed by atoms with Gasteiger partial charge >= 0.3 is 0 Å². The predicted octanol–water partition coefficient (Wildman–Crippen LogP) is 2.24. The van der Waals surface area contributed by atoms with E-state index in [1.807, 2.05) is 31.2 Å². The van der Waals surface area contributed by atoms with Crippen LogP contribution in [0, 0.1) is 0 Å². The van der Waals surface area contributed by atoms with Crippen molar-refractivity contribution in [3.05, 3.63) is 59.9 Å². The van der Waals surface area contributed by atoms with Gasteiger partial charge in [0.25, 0.3) is 5.91 Å². The van der Waals surface area contributed by atoms with Crippen LogP contribution in [0.3, 0.4) is 0 Å². The van der Waals surface area contributed by atoms with E-state index in [9.17, 15) is 4.79 Å². The fraction of sp³-hybridized carbons (Fsp3) is 0.133. The van der Waals surface area contributed by atoms with Crippen LogP contribution in [-0.4, -0.2) is 23.7 Å². The number of amides is 1. The second kappa shape index (κ2) is 6.47. The topological polar surface area (TPSA) is 63.6 Å². The van der Waals surface area contributed by atoms with Crippen LogP contribution < -0.4 is 10.2 Å². The number of rotatable bonds is 4. The third-order valence-corrected chi connectivity index (χ3v) is 2.71. The lowest BCUT2D eigenvalue weighted by atomic mass is 10.1. The average Bonchev–Trinajstić information content (AvgIpc) is 2.53. The Bertz CT molecular complexity index is 624. The molecule has 0 bridgehead atoms. The number of aromatic nitrogens is 1. The van der Waals surface area contributed by atoms with Gasteiger partial charge in [0.15, 0.2) is 0 Å². The molecule has 102 valence electrons. The Labute approximate surface area is 117 Å². The molecule has 1 aromatic heterocycles. The van der Waals surface area contributed by atoms with E-state index in [1.54, 1.807) is 31.5 Å². The molecule has 1 aromatic carbocycles. The standard InChI is InChI=1S/C15H15N3O2/c1-11(12-6-5-7-13(10-12)20-2)17-18-15(19)14-8-3-4-9-16-14/h3-10H,1-2H3,(H,18,19)/b17-11-. The van der Waals surface area contributed by atoms with Crippen LogP contribution in [0.2, 0.25) is 0 Å². The first kappa shape index (κ1) is 13.7. The van der Waals surface area contributed by atoms with Crippen LogP contribution in [-0.2, 0) is 0 Å². The van der Waals surface area contributed by atoms with E-state index in [-0.39, 0.29) is 5.91 Å². The van der Waals surface area contributed by atoms with Gasteiger partial charge in [-0.1, -0.05) is 18.2 Å². The van der Waals surface area contributed by atoms with Crippen LogP contribution in [0.25, 0.3) is 0 Å². The van der Waals surface area contributed by atoms with Crippen molar-refractivity contribution in [2.45, 2.75) is 6.92 Å².